The van der Waals surface area contributed by atoms with E-state index in [9.17, 15) is 14.4 Å². The lowest BCUT2D eigenvalue weighted by Gasteiger charge is -2.17. The van der Waals surface area contributed by atoms with Crippen molar-refractivity contribution in [3.8, 4) is 0 Å². The van der Waals surface area contributed by atoms with Crippen LogP contribution in [0.15, 0.2) is 71.3 Å². The Kier molecular flexibility index (Phi) is 13.0. The van der Waals surface area contributed by atoms with E-state index in [1.807, 2.05) is 66.9 Å². The highest BCUT2D eigenvalue weighted by atomic mass is 32.2. The van der Waals surface area contributed by atoms with Gasteiger partial charge in [-0.3, -0.25) is 4.79 Å². The molecule has 0 aliphatic carbocycles. The standard InChI is InChI=1S/C29H36N4O6S/c1-40-17-15-23(30)27-33-25(20-37-27)26(34)32-24(28(35)38-18-21-10-4-2-5-11-21)14-8-9-16-31-29(36)39-19-22-12-6-3-7-13-22/h2-7,10-13,20,23-24H,8-9,14-19,30H2,1H3,(H,31,36)(H,32,34). The number of amides is 2. The summed E-state index contributed by atoms with van der Waals surface area (Å²) in [6, 6.07) is 17.3. The molecule has 3 rings (SSSR count). The fraction of sp³-hybridized carbons (Fsp3) is 0.379. The number of unbranched alkanes of at least 4 members (excludes halogenated alkanes) is 1. The monoisotopic (exact) mass is 568 g/mol. The Bertz CT molecular complexity index is 1190. The topological polar surface area (TPSA) is 146 Å². The number of alkyl carbamates (subject to hydrolysis) is 1. The van der Waals surface area contributed by atoms with Gasteiger partial charge in [-0.25, -0.2) is 14.6 Å². The number of hydrogen-bond donors (Lipinski definition) is 3. The van der Waals surface area contributed by atoms with Gasteiger partial charge in [-0.15, -0.1) is 0 Å². The molecule has 2 atom stereocenters. The van der Waals surface area contributed by atoms with Gasteiger partial charge in [0.05, 0.1) is 6.04 Å². The third-order valence-corrected chi connectivity index (χ3v) is 6.56. The van der Waals surface area contributed by atoms with E-state index >= 15 is 0 Å². The van der Waals surface area contributed by atoms with Gasteiger partial charge >= 0.3 is 12.1 Å². The lowest BCUT2D eigenvalue weighted by molar-refractivity contribution is -0.147. The predicted molar refractivity (Wildman–Crippen MR) is 152 cm³/mol. The molecule has 1 aromatic heterocycles. The van der Waals surface area contributed by atoms with Crippen LogP contribution in [0.4, 0.5) is 4.79 Å². The summed E-state index contributed by atoms with van der Waals surface area (Å²) in [6.45, 7) is 0.619. The molecular weight excluding hydrogens is 532 g/mol. The Hall–Kier alpha value is -3.83. The van der Waals surface area contributed by atoms with Crippen molar-refractivity contribution in [2.75, 3.05) is 18.6 Å². The molecule has 40 heavy (non-hydrogen) atoms. The number of rotatable bonds is 16. The molecule has 10 nitrogen and oxygen atoms in total. The first-order valence-corrected chi connectivity index (χ1v) is 14.5. The van der Waals surface area contributed by atoms with Gasteiger partial charge in [0.2, 0.25) is 5.89 Å². The molecule has 0 aliphatic rings. The first-order chi connectivity index (χ1) is 19.5. The van der Waals surface area contributed by atoms with E-state index in [1.165, 1.54) is 6.26 Å². The van der Waals surface area contributed by atoms with Crippen LogP contribution in [0.25, 0.3) is 0 Å². The molecule has 2 aromatic carbocycles. The number of nitrogens with one attached hydrogen (secondary N) is 2. The number of carbonyl (C=O) groups excluding carboxylic acids is 3. The van der Waals surface area contributed by atoms with Gasteiger partial charge in [0.25, 0.3) is 5.91 Å². The zero-order valence-electron chi connectivity index (χ0n) is 22.5. The normalized spacial score (nSPS) is 12.2. The van der Waals surface area contributed by atoms with Crippen LogP contribution in [0.3, 0.4) is 0 Å². The van der Waals surface area contributed by atoms with Crippen molar-refractivity contribution in [1.29, 1.82) is 0 Å². The Morgan fingerprint density at radius 1 is 0.950 bits per heavy atom. The van der Waals surface area contributed by atoms with Crippen molar-refractivity contribution in [1.82, 2.24) is 15.6 Å². The van der Waals surface area contributed by atoms with Crippen LogP contribution in [0.2, 0.25) is 0 Å². The molecule has 0 bridgehead atoms. The predicted octanol–water partition coefficient (Wildman–Crippen LogP) is 4.37. The number of aromatic nitrogens is 1. The van der Waals surface area contributed by atoms with Crippen molar-refractivity contribution in [3.05, 3.63) is 89.6 Å². The fourth-order valence-electron chi connectivity index (χ4n) is 3.68. The first kappa shape index (κ1) is 30.7. The molecule has 2 amide bonds. The minimum absolute atomic E-state index is 0.0401. The molecule has 11 heteroatoms. The van der Waals surface area contributed by atoms with Crippen LogP contribution in [-0.2, 0) is 27.5 Å². The molecular formula is C29H36N4O6S. The molecule has 0 radical (unpaired) electrons. The summed E-state index contributed by atoms with van der Waals surface area (Å²) in [4.78, 5) is 42.0. The highest BCUT2D eigenvalue weighted by molar-refractivity contribution is 7.98. The SMILES string of the molecule is CSCCC(N)c1nc(C(=O)NC(CCCCNC(=O)OCc2ccccc2)C(=O)OCc2ccccc2)co1. The van der Waals surface area contributed by atoms with Crippen LogP contribution in [0.5, 0.6) is 0 Å². The average molecular weight is 569 g/mol. The van der Waals surface area contributed by atoms with Crippen molar-refractivity contribution < 1.29 is 28.3 Å². The van der Waals surface area contributed by atoms with E-state index in [4.69, 9.17) is 19.6 Å². The van der Waals surface area contributed by atoms with Crippen molar-refractivity contribution in [2.24, 2.45) is 5.73 Å². The van der Waals surface area contributed by atoms with Crippen molar-refractivity contribution in [2.45, 2.75) is 51.0 Å². The summed E-state index contributed by atoms with van der Waals surface area (Å²) in [6.07, 6.45) is 4.76. The van der Waals surface area contributed by atoms with E-state index in [-0.39, 0.29) is 24.8 Å². The summed E-state index contributed by atoms with van der Waals surface area (Å²) < 4.78 is 16.1. The maximum absolute atomic E-state index is 12.9. The minimum Gasteiger partial charge on any atom is -0.459 e. The Morgan fingerprint density at radius 2 is 1.60 bits per heavy atom. The van der Waals surface area contributed by atoms with E-state index in [0.29, 0.717) is 32.2 Å². The van der Waals surface area contributed by atoms with Gasteiger partial charge < -0.3 is 30.3 Å². The molecule has 0 saturated heterocycles. The highest BCUT2D eigenvalue weighted by Gasteiger charge is 2.25. The third kappa shape index (κ3) is 10.7. The molecule has 0 saturated carbocycles. The van der Waals surface area contributed by atoms with Crippen LogP contribution < -0.4 is 16.4 Å². The number of benzene rings is 2. The second kappa shape index (κ2) is 17.0. The Balaban J connectivity index is 1.50. The molecule has 4 N–H and O–H groups in total. The lowest BCUT2D eigenvalue weighted by Crippen LogP contribution is -2.42. The summed E-state index contributed by atoms with van der Waals surface area (Å²) in [5, 5.41) is 5.41. The number of carbonyl (C=O) groups is 3. The van der Waals surface area contributed by atoms with Gasteiger partial charge in [0, 0.05) is 6.54 Å². The van der Waals surface area contributed by atoms with E-state index in [2.05, 4.69) is 15.6 Å². The minimum atomic E-state index is -0.911. The van der Waals surface area contributed by atoms with Crippen LogP contribution in [0.1, 0.15) is 59.2 Å². The average Bonchev–Trinajstić information content (AvgIpc) is 3.49. The molecule has 0 fully saturated rings. The number of ether oxygens (including phenoxy) is 2. The van der Waals surface area contributed by atoms with Gasteiger partial charge in [-0.1, -0.05) is 60.7 Å². The van der Waals surface area contributed by atoms with Gasteiger partial charge in [-0.2, -0.15) is 11.8 Å². The quantitative estimate of drug-likeness (QED) is 0.169. The van der Waals surface area contributed by atoms with E-state index in [1.54, 1.807) is 11.8 Å². The molecule has 0 aliphatic heterocycles. The van der Waals surface area contributed by atoms with Crippen molar-refractivity contribution in [3.63, 3.8) is 0 Å². The molecule has 1 heterocycles. The van der Waals surface area contributed by atoms with Gasteiger partial charge in [-0.05, 0) is 48.8 Å². The fourth-order valence-corrected chi connectivity index (χ4v) is 4.17. The zero-order chi connectivity index (χ0) is 28.6. The number of oxazole rings is 1. The number of nitrogens with zero attached hydrogens (tertiary/aromatic N) is 1. The maximum Gasteiger partial charge on any atom is 0.407 e. The van der Waals surface area contributed by atoms with Crippen LogP contribution in [-0.4, -0.2) is 47.5 Å². The molecule has 2 unspecified atom stereocenters. The third-order valence-electron chi connectivity index (χ3n) is 5.92. The maximum atomic E-state index is 12.9. The van der Waals surface area contributed by atoms with Crippen LogP contribution in [0, 0.1) is 0 Å². The number of nitrogens with two attached hydrogens (primary N) is 1. The molecule has 0 spiro atoms. The largest absolute Gasteiger partial charge is 0.459 e. The Morgan fingerprint density at radius 3 is 2.25 bits per heavy atom. The second-order valence-electron chi connectivity index (χ2n) is 9.06. The lowest BCUT2D eigenvalue weighted by atomic mass is 10.1. The second-order valence-corrected chi connectivity index (χ2v) is 10.0. The molecule has 3 aromatic rings. The van der Waals surface area contributed by atoms with Gasteiger partial charge in [0.15, 0.2) is 5.69 Å². The van der Waals surface area contributed by atoms with E-state index < -0.39 is 30.1 Å². The van der Waals surface area contributed by atoms with Crippen molar-refractivity contribution >= 4 is 29.7 Å². The molecule has 214 valence electrons. The summed E-state index contributed by atoms with van der Waals surface area (Å²) in [7, 11) is 0. The summed E-state index contributed by atoms with van der Waals surface area (Å²) in [5.74, 6) is -0.0168. The highest BCUT2D eigenvalue weighted by Crippen LogP contribution is 2.16. The summed E-state index contributed by atoms with van der Waals surface area (Å²) in [5.41, 5.74) is 7.86. The first-order valence-electron chi connectivity index (χ1n) is 13.1. The summed E-state index contributed by atoms with van der Waals surface area (Å²) >= 11 is 1.66. The van der Waals surface area contributed by atoms with Gasteiger partial charge in [0.1, 0.15) is 25.5 Å². The number of hydrogen-bond acceptors (Lipinski definition) is 9. The van der Waals surface area contributed by atoms with Crippen LogP contribution >= 0.6 is 11.8 Å². The van der Waals surface area contributed by atoms with E-state index in [0.717, 1.165) is 16.9 Å². The smallest absolute Gasteiger partial charge is 0.407 e. The number of esters is 1. The zero-order valence-corrected chi connectivity index (χ0v) is 23.4. The Labute approximate surface area is 238 Å². The number of thioether (sulfide) groups is 1.